The maximum absolute atomic E-state index is 10.5. The molecule has 6 unspecified atom stereocenters. The number of aliphatic hydroxyl groups is 1. The summed E-state index contributed by atoms with van der Waals surface area (Å²) in [4.78, 5) is 0. The first-order valence-electron chi connectivity index (χ1n) is 7.80. The van der Waals surface area contributed by atoms with E-state index < -0.39 is 6.29 Å². The first-order chi connectivity index (χ1) is 9.37. The predicted molar refractivity (Wildman–Crippen MR) is 76.9 cm³/mol. The van der Waals surface area contributed by atoms with Gasteiger partial charge in [-0.1, -0.05) is 32.9 Å². The zero-order chi connectivity index (χ0) is 14.5. The molecule has 0 amide bonds. The molecule has 3 rings (SSSR count). The van der Waals surface area contributed by atoms with Crippen molar-refractivity contribution in [2.45, 2.75) is 70.7 Å². The van der Waals surface area contributed by atoms with Gasteiger partial charge < -0.3 is 20.3 Å². The van der Waals surface area contributed by atoms with E-state index in [0.717, 1.165) is 19.3 Å². The van der Waals surface area contributed by atoms with E-state index >= 15 is 0 Å². The van der Waals surface area contributed by atoms with Crippen LogP contribution >= 0.6 is 0 Å². The molecule has 4 heteroatoms. The number of fused-ring (bicyclic) bond motifs is 2. The van der Waals surface area contributed by atoms with Crippen molar-refractivity contribution < 1.29 is 14.6 Å². The average molecular weight is 281 g/mol. The van der Waals surface area contributed by atoms with Gasteiger partial charge in [-0.25, -0.2) is 0 Å². The van der Waals surface area contributed by atoms with E-state index in [1.165, 1.54) is 0 Å². The lowest BCUT2D eigenvalue weighted by Gasteiger charge is -2.46. The minimum absolute atomic E-state index is 0.00633. The quantitative estimate of drug-likeness (QED) is 0.612. The molecular formula is C16H27NO3. The lowest BCUT2D eigenvalue weighted by atomic mass is 9.68. The Balaban J connectivity index is 1.65. The third kappa shape index (κ3) is 2.54. The van der Waals surface area contributed by atoms with Crippen LogP contribution in [0.25, 0.3) is 0 Å². The fraction of sp³-hybridized carbons (Fsp3) is 0.875. The van der Waals surface area contributed by atoms with Crippen molar-refractivity contribution in [2.24, 2.45) is 23.0 Å². The highest BCUT2D eigenvalue weighted by atomic mass is 16.6. The van der Waals surface area contributed by atoms with Gasteiger partial charge in [0.2, 0.25) is 0 Å². The number of hydrogen-bond donors (Lipinski definition) is 2. The Morgan fingerprint density at radius 2 is 2.10 bits per heavy atom. The highest BCUT2D eigenvalue weighted by molar-refractivity contribution is 5.11. The first kappa shape index (κ1) is 14.5. The van der Waals surface area contributed by atoms with Crippen molar-refractivity contribution in [2.75, 3.05) is 0 Å². The van der Waals surface area contributed by atoms with Crippen molar-refractivity contribution in [1.29, 1.82) is 0 Å². The largest absolute Gasteiger partial charge is 0.368 e. The fourth-order valence-corrected chi connectivity index (χ4v) is 4.40. The average Bonchev–Trinajstić information content (AvgIpc) is 2.94. The Kier molecular flexibility index (Phi) is 3.70. The summed E-state index contributed by atoms with van der Waals surface area (Å²) < 4.78 is 11.8. The Morgan fingerprint density at radius 1 is 1.35 bits per heavy atom. The zero-order valence-electron chi connectivity index (χ0n) is 12.7. The Labute approximate surface area is 121 Å². The van der Waals surface area contributed by atoms with E-state index in [2.05, 4.69) is 32.9 Å². The van der Waals surface area contributed by atoms with E-state index in [1.807, 2.05) is 0 Å². The highest BCUT2D eigenvalue weighted by Gasteiger charge is 2.46. The van der Waals surface area contributed by atoms with Gasteiger partial charge in [-0.3, -0.25) is 0 Å². The van der Waals surface area contributed by atoms with Crippen molar-refractivity contribution in [3.63, 3.8) is 0 Å². The van der Waals surface area contributed by atoms with Gasteiger partial charge in [-0.05, 0) is 30.6 Å². The van der Waals surface area contributed by atoms with Crippen molar-refractivity contribution in [3.8, 4) is 0 Å². The van der Waals surface area contributed by atoms with Crippen LogP contribution in [0.5, 0.6) is 0 Å². The molecule has 0 spiro atoms. The third-order valence-electron chi connectivity index (χ3n) is 5.18. The van der Waals surface area contributed by atoms with Gasteiger partial charge in [-0.15, -0.1) is 0 Å². The monoisotopic (exact) mass is 281 g/mol. The molecule has 20 heavy (non-hydrogen) atoms. The van der Waals surface area contributed by atoms with Crippen LogP contribution in [0, 0.1) is 17.3 Å². The van der Waals surface area contributed by atoms with Crippen molar-refractivity contribution in [1.82, 2.24) is 0 Å². The molecule has 114 valence electrons. The molecule has 2 fully saturated rings. The van der Waals surface area contributed by atoms with Crippen molar-refractivity contribution in [3.05, 3.63) is 12.2 Å². The first-order valence-corrected chi connectivity index (χ1v) is 7.80. The van der Waals surface area contributed by atoms with Crippen LogP contribution in [-0.4, -0.2) is 35.8 Å². The summed E-state index contributed by atoms with van der Waals surface area (Å²) >= 11 is 0. The minimum atomic E-state index is -0.740. The summed E-state index contributed by atoms with van der Waals surface area (Å²) in [5.74, 6) is 0.446. The van der Waals surface area contributed by atoms with Gasteiger partial charge in [-0.2, -0.15) is 0 Å². The summed E-state index contributed by atoms with van der Waals surface area (Å²) in [6, 6.07) is 0.241. The van der Waals surface area contributed by atoms with Gasteiger partial charge in [0.05, 0.1) is 18.3 Å². The van der Waals surface area contributed by atoms with Crippen molar-refractivity contribution >= 4 is 0 Å². The Bertz CT molecular complexity index is 395. The molecule has 1 saturated heterocycles. The second kappa shape index (κ2) is 5.09. The maximum atomic E-state index is 10.5. The molecule has 0 radical (unpaired) electrons. The standard InChI is InChI=1S/C16H27NO3/c1-9-6-10(17)8-16(2,3)14(9)20-15(18)12-7-11-4-5-13(12)19-11/h4-5,9-15,18H,6-8,17H2,1-3H3/t9?,10?,11?,12?,13?,14?,15-/m1/s1. The van der Waals surface area contributed by atoms with Crippen LogP contribution in [0.15, 0.2) is 12.2 Å². The molecule has 1 aliphatic carbocycles. The minimum Gasteiger partial charge on any atom is -0.368 e. The van der Waals surface area contributed by atoms with Gasteiger partial charge in [0.15, 0.2) is 6.29 Å². The lowest BCUT2D eigenvalue weighted by molar-refractivity contribution is -0.217. The molecule has 3 aliphatic rings. The topological polar surface area (TPSA) is 64.7 Å². The van der Waals surface area contributed by atoms with E-state index in [-0.39, 0.29) is 35.7 Å². The van der Waals surface area contributed by atoms with E-state index in [0.29, 0.717) is 5.92 Å². The number of hydrogen-bond acceptors (Lipinski definition) is 4. The molecule has 2 aliphatic heterocycles. The fourth-order valence-electron chi connectivity index (χ4n) is 4.40. The highest BCUT2D eigenvalue weighted by Crippen LogP contribution is 2.43. The summed E-state index contributed by atoms with van der Waals surface area (Å²) in [6.07, 6.45) is 6.43. The second-order valence-corrected chi connectivity index (χ2v) is 7.54. The van der Waals surface area contributed by atoms with Gasteiger partial charge >= 0.3 is 0 Å². The molecule has 7 atom stereocenters. The molecule has 0 aromatic carbocycles. The summed E-state index contributed by atoms with van der Waals surface area (Å²) in [6.45, 7) is 6.56. The normalized spacial score (nSPS) is 47.6. The predicted octanol–water partition coefficient (Wildman–Crippen LogP) is 1.82. The van der Waals surface area contributed by atoms with Crippen LogP contribution in [0.1, 0.15) is 40.0 Å². The van der Waals surface area contributed by atoms with Crippen LogP contribution < -0.4 is 5.73 Å². The molecule has 2 bridgehead atoms. The molecule has 0 aromatic heterocycles. The van der Waals surface area contributed by atoms with E-state index in [4.69, 9.17) is 15.2 Å². The summed E-state index contributed by atoms with van der Waals surface area (Å²) in [5.41, 5.74) is 6.12. The van der Waals surface area contributed by atoms with Gasteiger partial charge in [0.1, 0.15) is 0 Å². The molecule has 3 N–H and O–H groups in total. The Morgan fingerprint density at radius 3 is 2.65 bits per heavy atom. The maximum Gasteiger partial charge on any atom is 0.160 e. The number of rotatable bonds is 3. The second-order valence-electron chi connectivity index (χ2n) is 7.54. The zero-order valence-corrected chi connectivity index (χ0v) is 12.7. The SMILES string of the molecule is CC1CC(N)CC(C)(C)C1O[C@@H](O)C1CC2C=CC1O2. The number of ether oxygens (including phenoxy) is 2. The Hall–Kier alpha value is -0.420. The van der Waals surface area contributed by atoms with Crippen LogP contribution in [0.2, 0.25) is 0 Å². The van der Waals surface area contributed by atoms with E-state index in [9.17, 15) is 5.11 Å². The van der Waals surface area contributed by atoms with Gasteiger partial charge in [0.25, 0.3) is 0 Å². The third-order valence-corrected chi connectivity index (χ3v) is 5.18. The molecule has 1 saturated carbocycles. The molecule has 0 aromatic rings. The number of nitrogens with two attached hydrogens (primary N) is 1. The molecular weight excluding hydrogens is 254 g/mol. The van der Waals surface area contributed by atoms with Crippen LogP contribution in [-0.2, 0) is 9.47 Å². The van der Waals surface area contributed by atoms with Crippen LogP contribution in [0.3, 0.4) is 0 Å². The van der Waals surface area contributed by atoms with Gasteiger partial charge in [0, 0.05) is 12.0 Å². The smallest absolute Gasteiger partial charge is 0.160 e. The molecule has 4 nitrogen and oxygen atoms in total. The summed E-state index contributed by atoms with van der Waals surface area (Å²) in [5, 5.41) is 10.5. The lowest BCUT2D eigenvalue weighted by Crippen LogP contribution is -2.50. The summed E-state index contributed by atoms with van der Waals surface area (Å²) in [7, 11) is 0. The van der Waals surface area contributed by atoms with E-state index in [1.54, 1.807) is 0 Å². The number of aliphatic hydroxyl groups excluding tert-OH is 1. The van der Waals surface area contributed by atoms with Crippen LogP contribution in [0.4, 0.5) is 0 Å². The molecule has 2 heterocycles.